The van der Waals surface area contributed by atoms with Gasteiger partial charge in [-0.3, -0.25) is 14.2 Å². The van der Waals surface area contributed by atoms with Crippen molar-refractivity contribution in [1.82, 2.24) is 14.9 Å². The lowest BCUT2D eigenvalue weighted by molar-refractivity contribution is -0.122. The molecule has 1 aromatic carbocycles. The minimum atomic E-state index is -0.159. The zero-order valence-corrected chi connectivity index (χ0v) is 17.8. The molecule has 1 aliphatic carbocycles. The standard InChI is InChI=1S/C23H27N3O2S/c1-3-7-18(16-8-5-4-6-9-16)25-20(27)13-26-14-24-22-21(23(26)28)17-11-10-15(2)12-19(17)29-22/h4-6,8-9,14-15,18H,3,7,10-13H2,1-2H3,(H,25,27)/t15-,18-/m0/s1. The molecule has 2 atom stereocenters. The van der Waals surface area contributed by atoms with Gasteiger partial charge in [0.1, 0.15) is 11.4 Å². The Morgan fingerprint density at radius 1 is 1.34 bits per heavy atom. The van der Waals surface area contributed by atoms with Crippen molar-refractivity contribution < 1.29 is 4.79 Å². The first-order chi connectivity index (χ1) is 14.1. The number of aromatic nitrogens is 2. The molecule has 0 fully saturated rings. The monoisotopic (exact) mass is 409 g/mol. The molecule has 0 bridgehead atoms. The molecule has 5 nitrogen and oxygen atoms in total. The molecule has 29 heavy (non-hydrogen) atoms. The van der Waals surface area contributed by atoms with E-state index in [0.717, 1.165) is 53.4 Å². The maximum atomic E-state index is 13.1. The normalized spacial score (nSPS) is 17.1. The maximum Gasteiger partial charge on any atom is 0.262 e. The van der Waals surface area contributed by atoms with Gasteiger partial charge in [-0.15, -0.1) is 11.3 Å². The van der Waals surface area contributed by atoms with Crippen LogP contribution in [0, 0.1) is 5.92 Å². The summed E-state index contributed by atoms with van der Waals surface area (Å²) < 4.78 is 1.46. The van der Waals surface area contributed by atoms with E-state index in [2.05, 4.69) is 24.1 Å². The third-order valence-electron chi connectivity index (χ3n) is 5.71. The largest absolute Gasteiger partial charge is 0.348 e. The van der Waals surface area contributed by atoms with E-state index < -0.39 is 0 Å². The Morgan fingerprint density at radius 2 is 2.14 bits per heavy atom. The van der Waals surface area contributed by atoms with Crippen molar-refractivity contribution in [1.29, 1.82) is 0 Å². The summed E-state index contributed by atoms with van der Waals surface area (Å²) in [5.41, 5.74) is 2.15. The van der Waals surface area contributed by atoms with Crippen LogP contribution in [-0.2, 0) is 24.2 Å². The quantitative estimate of drug-likeness (QED) is 0.662. The van der Waals surface area contributed by atoms with Crippen molar-refractivity contribution in [3.05, 3.63) is 63.0 Å². The number of rotatable bonds is 6. The highest BCUT2D eigenvalue weighted by Gasteiger charge is 2.23. The van der Waals surface area contributed by atoms with Crippen LogP contribution in [0.5, 0.6) is 0 Å². The number of nitrogens with zero attached hydrogens (tertiary/aromatic N) is 2. The lowest BCUT2D eigenvalue weighted by Crippen LogP contribution is -2.35. The van der Waals surface area contributed by atoms with Crippen LogP contribution in [0.2, 0.25) is 0 Å². The number of carbonyl (C=O) groups is 1. The second kappa shape index (κ2) is 8.49. The van der Waals surface area contributed by atoms with Gasteiger partial charge in [-0.2, -0.15) is 0 Å². The van der Waals surface area contributed by atoms with E-state index in [1.165, 1.54) is 15.8 Å². The van der Waals surface area contributed by atoms with Gasteiger partial charge in [0.15, 0.2) is 0 Å². The van der Waals surface area contributed by atoms with Gasteiger partial charge in [0, 0.05) is 4.88 Å². The molecule has 0 unspecified atom stereocenters. The van der Waals surface area contributed by atoms with Crippen molar-refractivity contribution in [3.8, 4) is 0 Å². The first-order valence-corrected chi connectivity index (χ1v) is 11.2. The van der Waals surface area contributed by atoms with Gasteiger partial charge < -0.3 is 5.32 Å². The molecule has 0 spiro atoms. The molecule has 152 valence electrons. The predicted octanol–water partition coefficient (Wildman–Crippen LogP) is 4.24. The minimum absolute atomic E-state index is 0.00412. The Kier molecular flexibility index (Phi) is 5.81. The zero-order valence-electron chi connectivity index (χ0n) is 17.0. The predicted molar refractivity (Wildman–Crippen MR) is 117 cm³/mol. The number of hydrogen-bond donors (Lipinski definition) is 1. The molecule has 6 heteroatoms. The van der Waals surface area contributed by atoms with E-state index in [0.29, 0.717) is 5.92 Å². The number of nitrogens with one attached hydrogen (secondary N) is 1. The number of aryl methyl sites for hydroxylation is 1. The van der Waals surface area contributed by atoms with Crippen LogP contribution in [0.1, 0.15) is 55.2 Å². The Labute approximate surface area is 174 Å². The van der Waals surface area contributed by atoms with E-state index in [-0.39, 0.29) is 24.1 Å². The summed E-state index contributed by atoms with van der Waals surface area (Å²) >= 11 is 1.63. The van der Waals surface area contributed by atoms with Crippen LogP contribution in [0.15, 0.2) is 41.5 Å². The van der Waals surface area contributed by atoms with Gasteiger partial charge in [0.05, 0.1) is 17.8 Å². The Morgan fingerprint density at radius 3 is 2.90 bits per heavy atom. The molecule has 1 N–H and O–H groups in total. The molecular weight excluding hydrogens is 382 g/mol. The van der Waals surface area contributed by atoms with Crippen LogP contribution in [0.25, 0.3) is 10.2 Å². The molecule has 3 aromatic rings. The van der Waals surface area contributed by atoms with Crippen molar-refractivity contribution in [2.24, 2.45) is 5.92 Å². The number of carbonyl (C=O) groups excluding carboxylic acids is 1. The van der Waals surface area contributed by atoms with Gasteiger partial charge in [0.2, 0.25) is 5.91 Å². The molecule has 4 rings (SSSR count). The summed E-state index contributed by atoms with van der Waals surface area (Å²) in [7, 11) is 0. The average molecular weight is 410 g/mol. The lowest BCUT2D eigenvalue weighted by Gasteiger charge is -2.19. The summed E-state index contributed by atoms with van der Waals surface area (Å²) in [5.74, 6) is 0.491. The molecule has 2 heterocycles. The fraction of sp³-hybridized carbons (Fsp3) is 0.435. The van der Waals surface area contributed by atoms with Gasteiger partial charge in [-0.25, -0.2) is 4.98 Å². The summed E-state index contributed by atoms with van der Waals surface area (Å²) in [6.07, 6.45) is 6.39. The number of fused-ring (bicyclic) bond motifs is 3. The second-order valence-electron chi connectivity index (χ2n) is 8.03. The Hall–Kier alpha value is -2.47. The fourth-order valence-corrected chi connectivity index (χ4v) is 5.51. The van der Waals surface area contributed by atoms with E-state index in [1.807, 2.05) is 30.3 Å². The Balaban J connectivity index is 1.56. The van der Waals surface area contributed by atoms with Crippen LogP contribution < -0.4 is 10.9 Å². The molecule has 1 aliphatic rings. The summed E-state index contributed by atoms with van der Waals surface area (Å²) in [4.78, 5) is 32.4. The molecule has 1 amide bonds. The minimum Gasteiger partial charge on any atom is -0.348 e. The highest BCUT2D eigenvalue weighted by Crippen LogP contribution is 2.35. The smallest absolute Gasteiger partial charge is 0.262 e. The number of benzene rings is 1. The lowest BCUT2D eigenvalue weighted by atomic mass is 9.89. The summed E-state index contributed by atoms with van der Waals surface area (Å²) in [6, 6.07) is 9.94. The molecule has 0 radical (unpaired) electrons. The average Bonchev–Trinajstić information content (AvgIpc) is 3.08. The van der Waals surface area contributed by atoms with Crippen LogP contribution in [0.3, 0.4) is 0 Å². The zero-order chi connectivity index (χ0) is 20.4. The molecular formula is C23H27N3O2S. The summed E-state index contributed by atoms with van der Waals surface area (Å²) in [6.45, 7) is 4.35. The van der Waals surface area contributed by atoms with Crippen molar-refractivity contribution >= 4 is 27.5 Å². The van der Waals surface area contributed by atoms with E-state index in [9.17, 15) is 9.59 Å². The highest BCUT2D eigenvalue weighted by molar-refractivity contribution is 7.18. The van der Waals surface area contributed by atoms with Crippen molar-refractivity contribution in [2.75, 3.05) is 0 Å². The number of thiophene rings is 1. The van der Waals surface area contributed by atoms with Gasteiger partial charge in [-0.1, -0.05) is 50.6 Å². The second-order valence-corrected chi connectivity index (χ2v) is 9.11. The van der Waals surface area contributed by atoms with Crippen LogP contribution in [-0.4, -0.2) is 15.5 Å². The molecule has 0 aliphatic heterocycles. The third kappa shape index (κ3) is 4.13. The van der Waals surface area contributed by atoms with Gasteiger partial charge in [-0.05, 0) is 42.7 Å². The van der Waals surface area contributed by atoms with Crippen molar-refractivity contribution in [2.45, 2.75) is 58.5 Å². The van der Waals surface area contributed by atoms with Gasteiger partial charge in [0.25, 0.3) is 5.56 Å². The first kappa shape index (κ1) is 19.8. The third-order valence-corrected chi connectivity index (χ3v) is 6.87. The first-order valence-electron chi connectivity index (χ1n) is 10.4. The molecule has 0 saturated heterocycles. The number of amides is 1. The number of hydrogen-bond acceptors (Lipinski definition) is 4. The maximum absolute atomic E-state index is 13.1. The summed E-state index contributed by atoms with van der Waals surface area (Å²) in [5, 5.41) is 3.82. The van der Waals surface area contributed by atoms with Gasteiger partial charge >= 0.3 is 0 Å². The van der Waals surface area contributed by atoms with Crippen LogP contribution >= 0.6 is 11.3 Å². The van der Waals surface area contributed by atoms with E-state index in [4.69, 9.17) is 0 Å². The van der Waals surface area contributed by atoms with E-state index >= 15 is 0 Å². The van der Waals surface area contributed by atoms with Crippen molar-refractivity contribution in [3.63, 3.8) is 0 Å². The fourth-order valence-electron chi connectivity index (χ4n) is 4.17. The molecule has 0 saturated carbocycles. The Bertz CT molecular complexity index is 1070. The SMILES string of the molecule is CCC[C@H](NC(=O)Cn1cnc2sc3c(c2c1=O)CC[C@H](C)C3)c1ccccc1. The highest BCUT2D eigenvalue weighted by atomic mass is 32.1. The van der Waals surface area contributed by atoms with Crippen LogP contribution in [0.4, 0.5) is 0 Å². The topological polar surface area (TPSA) is 64.0 Å². The molecule has 2 aromatic heterocycles. The van der Waals surface area contributed by atoms with E-state index in [1.54, 1.807) is 11.3 Å².